The summed E-state index contributed by atoms with van der Waals surface area (Å²) in [5.74, 6) is 0.935. The van der Waals surface area contributed by atoms with Gasteiger partial charge >= 0.3 is 0 Å². The Bertz CT molecular complexity index is 367. The maximum absolute atomic E-state index is 6.12. The zero-order valence-corrected chi connectivity index (χ0v) is 12.0. The van der Waals surface area contributed by atoms with Crippen molar-refractivity contribution in [2.24, 2.45) is 5.92 Å². The molecule has 0 amide bonds. The highest BCUT2D eigenvalue weighted by atomic mass is 35.5. The molecule has 0 aliphatic carbocycles. The Balaban J connectivity index is 1.89. The average Bonchev–Trinajstić information content (AvgIpc) is 2.59. The van der Waals surface area contributed by atoms with Crippen molar-refractivity contribution in [1.29, 1.82) is 0 Å². The molecule has 1 unspecified atom stereocenters. The maximum Gasteiger partial charge on any atom is 0.133 e. The minimum Gasteiger partial charge on any atom is -0.299 e. The summed E-state index contributed by atoms with van der Waals surface area (Å²) in [5, 5.41) is 0.659. The lowest BCUT2D eigenvalue weighted by molar-refractivity contribution is 0.271. The van der Waals surface area contributed by atoms with E-state index in [0.717, 1.165) is 18.0 Å². The number of hydrogen-bond acceptors (Lipinski definition) is 2. The van der Waals surface area contributed by atoms with Crippen LogP contribution in [-0.2, 0) is 6.54 Å². The Kier molecular flexibility index (Phi) is 5.45. The quantitative estimate of drug-likeness (QED) is 0.762. The van der Waals surface area contributed by atoms with Gasteiger partial charge in [0, 0.05) is 18.3 Å². The van der Waals surface area contributed by atoms with Crippen molar-refractivity contribution in [3.8, 4) is 0 Å². The first-order chi connectivity index (χ1) is 8.79. The smallest absolute Gasteiger partial charge is 0.133 e. The maximum atomic E-state index is 6.12. The van der Waals surface area contributed by atoms with E-state index in [9.17, 15) is 0 Å². The van der Waals surface area contributed by atoms with E-state index in [-0.39, 0.29) is 0 Å². The summed E-state index contributed by atoms with van der Waals surface area (Å²) >= 11 is 6.12. The second kappa shape index (κ2) is 7.10. The van der Waals surface area contributed by atoms with Crippen LogP contribution in [0.5, 0.6) is 0 Å². The standard InChI is InChI=1S/C15H23ClN2/c1-2-5-13-6-4-10-18(11-8-13)12-14-7-3-9-17-15(14)16/h3,7,9,13H,2,4-6,8,10-12H2,1H3. The van der Waals surface area contributed by atoms with Crippen LogP contribution in [0.2, 0.25) is 5.15 Å². The van der Waals surface area contributed by atoms with Crippen LogP contribution in [-0.4, -0.2) is 23.0 Å². The fraction of sp³-hybridized carbons (Fsp3) is 0.667. The van der Waals surface area contributed by atoms with Crippen molar-refractivity contribution >= 4 is 11.6 Å². The molecule has 0 spiro atoms. The van der Waals surface area contributed by atoms with Gasteiger partial charge in [-0.3, -0.25) is 4.90 Å². The molecule has 1 aliphatic rings. The number of halogens is 1. The molecule has 1 fully saturated rings. The van der Waals surface area contributed by atoms with Crippen molar-refractivity contribution < 1.29 is 0 Å². The molecule has 1 atom stereocenters. The van der Waals surface area contributed by atoms with E-state index in [1.165, 1.54) is 45.2 Å². The molecular formula is C15H23ClN2. The summed E-state index contributed by atoms with van der Waals surface area (Å²) in [5.41, 5.74) is 1.16. The minimum absolute atomic E-state index is 0.659. The van der Waals surface area contributed by atoms with Gasteiger partial charge in [-0.05, 0) is 44.3 Å². The van der Waals surface area contributed by atoms with Gasteiger partial charge in [0.1, 0.15) is 5.15 Å². The number of likely N-dealkylation sites (tertiary alicyclic amines) is 1. The second-order valence-corrected chi connectivity index (χ2v) is 5.67. The molecule has 0 radical (unpaired) electrons. The fourth-order valence-electron chi connectivity index (χ4n) is 2.86. The van der Waals surface area contributed by atoms with Crippen molar-refractivity contribution in [1.82, 2.24) is 9.88 Å². The van der Waals surface area contributed by atoms with Crippen LogP contribution in [0.3, 0.4) is 0 Å². The molecule has 1 aromatic heterocycles. The fourth-order valence-corrected chi connectivity index (χ4v) is 3.04. The first-order valence-electron chi connectivity index (χ1n) is 7.11. The summed E-state index contributed by atoms with van der Waals surface area (Å²) in [7, 11) is 0. The summed E-state index contributed by atoms with van der Waals surface area (Å²) in [6.45, 7) is 5.64. The molecule has 1 aliphatic heterocycles. The van der Waals surface area contributed by atoms with Crippen molar-refractivity contribution in [2.75, 3.05) is 13.1 Å². The van der Waals surface area contributed by atoms with Crippen molar-refractivity contribution in [3.05, 3.63) is 29.0 Å². The molecule has 2 rings (SSSR count). The third-order valence-electron chi connectivity index (χ3n) is 3.87. The van der Waals surface area contributed by atoms with E-state index in [1.54, 1.807) is 6.20 Å². The molecule has 1 aromatic rings. The van der Waals surface area contributed by atoms with Crippen molar-refractivity contribution in [2.45, 2.75) is 45.6 Å². The van der Waals surface area contributed by atoms with E-state index in [4.69, 9.17) is 11.6 Å². The number of pyridine rings is 1. The zero-order valence-electron chi connectivity index (χ0n) is 11.2. The normalized spacial score (nSPS) is 21.8. The molecule has 18 heavy (non-hydrogen) atoms. The van der Waals surface area contributed by atoms with E-state index in [2.05, 4.69) is 22.9 Å². The highest BCUT2D eigenvalue weighted by Crippen LogP contribution is 2.23. The largest absolute Gasteiger partial charge is 0.299 e. The molecule has 100 valence electrons. The third-order valence-corrected chi connectivity index (χ3v) is 4.21. The lowest BCUT2D eigenvalue weighted by atomic mass is 9.96. The Hall–Kier alpha value is -0.600. The number of nitrogens with zero attached hydrogens (tertiary/aromatic N) is 2. The van der Waals surface area contributed by atoms with Crippen LogP contribution in [0.15, 0.2) is 18.3 Å². The zero-order chi connectivity index (χ0) is 12.8. The Morgan fingerprint density at radius 1 is 1.39 bits per heavy atom. The topological polar surface area (TPSA) is 16.1 Å². The molecule has 2 heterocycles. The molecule has 0 bridgehead atoms. The van der Waals surface area contributed by atoms with Gasteiger partial charge in [-0.1, -0.05) is 37.4 Å². The summed E-state index contributed by atoms with van der Waals surface area (Å²) < 4.78 is 0. The minimum atomic E-state index is 0.659. The molecule has 0 aromatic carbocycles. The predicted molar refractivity (Wildman–Crippen MR) is 76.8 cm³/mol. The first kappa shape index (κ1) is 13.8. The second-order valence-electron chi connectivity index (χ2n) is 5.32. The lowest BCUT2D eigenvalue weighted by Gasteiger charge is -2.20. The number of rotatable bonds is 4. The molecule has 2 nitrogen and oxygen atoms in total. The third kappa shape index (κ3) is 3.96. The molecule has 0 saturated carbocycles. The Morgan fingerprint density at radius 2 is 2.28 bits per heavy atom. The predicted octanol–water partition coefficient (Wildman–Crippen LogP) is 4.14. The SMILES string of the molecule is CCCC1CCCN(Cc2cccnc2Cl)CC1. The van der Waals surface area contributed by atoms with Crippen LogP contribution >= 0.6 is 11.6 Å². The van der Waals surface area contributed by atoms with Crippen LogP contribution < -0.4 is 0 Å². The van der Waals surface area contributed by atoms with Crippen LogP contribution in [0, 0.1) is 5.92 Å². The number of aromatic nitrogens is 1. The highest BCUT2D eigenvalue weighted by molar-refractivity contribution is 6.30. The molecule has 0 N–H and O–H groups in total. The van der Waals surface area contributed by atoms with Gasteiger partial charge < -0.3 is 0 Å². The molecule has 1 saturated heterocycles. The van der Waals surface area contributed by atoms with Crippen LogP contribution in [0.1, 0.15) is 44.6 Å². The van der Waals surface area contributed by atoms with E-state index in [0.29, 0.717) is 5.15 Å². The van der Waals surface area contributed by atoms with Gasteiger partial charge in [0.2, 0.25) is 0 Å². The van der Waals surface area contributed by atoms with Gasteiger partial charge in [-0.25, -0.2) is 4.98 Å². The van der Waals surface area contributed by atoms with E-state index >= 15 is 0 Å². The first-order valence-corrected chi connectivity index (χ1v) is 7.49. The average molecular weight is 267 g/mol. The number of hydrogen-bond donors (Lipinski definition) is 0. The van der Waals surface area contributed by atoms with E-state index in [1.807, 2.05) is 6.07 Å². The highest BCUT2D eigenvalue weighted by Gasteiger charge is 2.17. The van der Waals surface area contributed by atoms with Gasteiger partial charge in [-0.15, -0.1) is 0 Å². The molecule has 3 heteroatoms. The monoisotopic (exact) mass is 266 g/mol. The van der Waals surface area contributed by atoms with Gasteiger partial charge in [0.05, 0.1) is 0 Å². The summed E-state index contributed by atoms with van der Waals surface area (Å²) in [6, 6.07) is 4.06. The van der Waals surface area contributed by atoms with Crippen LogP contribution in [0.25, 0.3) is 0 Å². The van der Waals surface area contributed by atoms with E-state index < -0.39 is 0 Å². The summed E-state index contributed by atoms with van der Waals surface area (Å²) in [4.78, 5) is 6.68. The van der Waals surface area contributed by atoms with Gasteiger partial charge in [-0.2, -0.15) is 0 Å². The Labute approximate surface area is 115 Å². The molecular weight excluding hydrogens is 244 g/mol. The summed E-state index contributed by atoms with van der Waals surface area (Å²) in [6.07, 6.45) is 8.52. The van der Waals surface area contributed by atoms with Gasteiger partial charge in [0.25, 0.3) is 0 Å². The van der Waals surface area contributed by atoms with Crippen LogP contribution in [0.4, 0.5) is 0 Å². The van der Waals surface area contributed by atoms with Gasteiger partial charge in [0.15, 0.2) is 0 Å². The lowest BCUT2D eigenvalue weighted by Crippen LogP contribution is -2.24. The Morgan fingerprint density at radius 3 is 3.06 bits per heavy atom. The van der Waals surface area contributed by atoms with Crippen molar-refractivity contribution in [3.63, 3.8) is 0 Å².